The number of phenols is 1. The lowest BCUT2D eigenvalue weighted by Gasteiger charge is -2.12. The number of aromatic hydroxyl groups is 1. The minimum atomic E-state index is -0.357. The molecule has 150 valence electrons. The van der Waals surface area contributed by atoms with Crippen molar-refractivity contribution < 1.29 is 24.2 Å². The number of anilines is 1. The molecule has 0 aliphatic carbocycles. The van der Waals surface area contributed by atoms with Crippen molar-refractivity contribution in [1.29, 1.82) is 0 Å². The summed E-state index contributed by atoms with van der Waals surface area (Å²) in [7, 11) is 1.57. The highest BCUT2D eigenvalue weighted by molar-refractivity contribution is 8.18. The Morgan fingerprint density at radius 1 is 1.21 bits per heavy atom. The highest BCUT2D eigenvalue weighted by atomic mass is 32.2. The Balaban J connectivity index is 1.53. The van der Waals surface area contributed by atoms with Gasteiger partial charge in [0.05, 0.1) is 12.0 Å². The van der Waals surface area contributed by atoms with Gasteiger partial charge in [0.25, 0.3) is 11.1 Å². The molecular weight excluding hydrogens is 392 g/mol. The van der Waals surface area contributed by atoms with Crippen LogP contribution in [-0.2, 0) is 9.59 Å². The van der Waals surface area contributed by atoms with Gasteiger partial charge in [-0.15, -0.1) is 0 Å². The van der Waals surface area contributed by atoms with Gasteiger partial charge >= 0.3 is 0 Å². The zero-order valence-electron chi connectivity index (χ0n) is 15.8. The molecule has 1 saturated heterocycles. The SMILES string of the molecule is COc1ccc(/C=C2/SC(=O)N(CCCC(=O)Nc3cccc(O)c3)C2=O)cc1. The maximum absolute atomic E-state index is 12.5. The molecule has 2 aromatic rings. The maximum atomic E-state index is 12.5. The molecule has 0 bridgehead atoms. The summed E-state index contributed by atoms with van der Waals surface area (Å²) in [4.78, 5) is 38.2. The molecule has 0 unspecified atom stereocenters. The van der Waals surface area contributed by atoms with E-state index in [4.69, 9.17) is 4.74 Å². The molecule has 0 saturated carbocycles. The summed E-state index contributed by atoms with van der Waals surface area (Å²) in [6, 6.07) is 13.4. The molecule has 0 aromatic heterocycles. The normalized spacial score (nSPS) is 15.1. The van der Waals surface area contributed by atoms with Crippen LogP contribution in [0.5, 0.6) is 11.5 Å². The highest BCUT2D eigenvalue weighted by Crippen LogP contribution is 2.32. The minimum Gasteiger partial charge on any atom is -0.508 e. The number of nitrogens with one attached hydrogen (secondary N) is 1. The van der Waals surface area contributed by atoms with Crippen molar-refractivity contribution in [3.8, 4) is 11.5 Å². The molecule has 7 nitrogen and oxygen atoms in total. The van der Waals surface area contributed by atoms with Crippen molar-refractivity contribution in [2.24, 2.45) is 0 Å². The van der Waals surface area contributed by atoms with Crippen LogP contribution in [0.3, 0.4) is 0 Å². The number of thioether (sulfide) groups is 1. The first-order valence-corrected chi connectivity index (χ1v) is 9.76. The lowest BCUT2D eigenvalue weighted by Crippen LogP contribution is -2.29. The third-order valence-corrected chi connectivity index (χ3v) is 5.11. The summed E-state index contributed by atoms with van der Waals surface area (Å²) in [5.41, 5.74) is 1.28. The molecule has 8 heteroatoms. The number of rotatable bonds is 7. The van der Waals surface area contributed by atoms with E-state index < -0.39 is 0 Å². The average molecular weight is 412 g/mol. The first-order chi connectivity index (χ1) is 14.0. The second-order valence-electron chi connectivity index (χ2n) is 6.31. The Kier molecular flexibility index (Phi) is 6.56. The van der Waals surface area contributed by atoms with Crippen molar-refractivity contribution >= 4 is 40.6 Å². The lowest BCUT2D eigenvalue weighted by molar-refractivity contribution is -0.123. The molecular formula is C21H20N2O5S. The van der Waals surface area contributed by atoms with E-state index in [9.17, 15) is 19.5 Å². The third-order valence-electron chi connectivity index (χ3n) is 4.20. The van der Waals surface area contributed by atoms with E-state index in [2.05, 4.69) is 5.32 Å². The fourth-order valence-corrected chi connectivity index (χ4v) is 3.61. The molecule has 1 fully saturated rings. The predicted octanol–water partition coefficient (Wildman–Crippen LogP) is 3.86. The van der Waals surface area contributed by atoms with Gasteiger partial charge in [0.1, 0.15) is 11.5 Å². The van der Waals surface area contributed by atoms with Crippen LogP contribution in [0.25, 0.3) is 6.08 Å². The summed E-state index contributed by atoms with van der Waals surface area (Å²) >= 11 is 0.889. The fraction of sp³-hybridized carbons (Fsp3) is 0.190. The fourth-order valence-electron chi connectivity index (χ4n) is 2.75. The molecule has 2 N–H and O–H groups in total. The van der Waals surface area contributed by atoms with Gasteiger partial charge in [-0.25, -0.2) is 0 Å². The van der Waals surface area contributed by atoms with Gasteiger partial charge in [0.2, 0.25) is 5.91 Å². The molecule has 3 rings (SSSR count). The largest absolute Gasteiger partial charge is 0.508 e. The number of methoxy groups -OCH3 is 1. The number of hydrogen-bond donors (Lipinski definition) is 2. The van der Waals surface area contributed by atoms with Gasteiger partial charge in [0.15, 0.2) is 0 Å². The molecule has 0 atom stereocenters. The standard InChI is InChI=1S/C21H20N2O5S/c1-28-17-9-7-14(8-10-17)12-18-20(26)23(21(27)29-18)11-3-6-19(25)22-15-4-2-5-16(24)13-15/h2,4-5,7-10,12-13,24H,3,6,11H2,1H3,(H,22,25)/b18-12+. The van der Waals surface area contributed by atoms with Crippen LogP contribution in [0.2, 0.25) is 0 Å². The lowest BCUT2D eigenvalue weighted by atomic mass is 10.2. The van der Waals surface area contributed by atoms with Crippen molar-refractivity contribution in [2.75, 3.05) is 19.0 Å². The van der Waals surface area contributed by atoms with Crippen molar-refractivity contribution in [3.05, 3.63) is 59.0 Å². The first kappa shape index (κ1) is 20.5. The summed E-state index contributed by atoms with van der Waals surface area (Å²) < 4.78 is 5.10. The summed E-state index contributed by atoms with van der Waals surface area (Å²) in [5, 5.41) is 11.7. The highest BCUT2D eigenvalue weighted by Gasteiger charge is 2.34. The Hall–Kier alpha value is -3.26. The van der Waals surface area contributed by atoms with Crippen LogP contribution in [0.15, 0.2) is 53.4 Å². The van der Waals surface area contributed by atoms with Gasteiger partial charge in [-0.1, -0.05) is 18.2 Å². The van der Waals surface area contributed by atoms with Gasteiger partial charge in [-0.2, -0.15) is 0 Å². The first-order valence-electron chi connectivity index (χ1n) is 8.94. The van der Waals surface area contributed by atoms with E-state index in [-0.39, 0.29) is 35.8 Å². The van der Waals surface area contributed by atoms with E-state index in [1.807, 2.05) is 0 Å². The molecule has 1 heterocycles. The number of ether oxygens (including phenoxy) is 1. The molecule has 0 radical (unpaired) electrons. The quantitative estimate of drug-likeness (QED) is 0.671. The summed E-state index contributed by atoms with van der Waals surface area (Å²) in [5.74, 6) is 0.157. The minimum absolute atomic E-state index is 0.0595. The smallest absolute Gasteiger partial charge is 0.293 e. The van der Waals surface area contributed by atoms with E-state index in [0.717, 1.165) is 22.2 Å². The number of carbonyl (C=O) groups excluding carboxylic acids is 3. The molecule has 1 aliphatic heterocycles. The number of nitrogens with zero attached hydrogens (tertiary/aromatic N) is 1. The summed E-state index contributed by atoms with van der Waals surface area (Å²) in [6.07, 6.45) is 2.16. The molecule has 0 spiro atoms. The van der Waals surface area contributed by atoms with Gasteiger partial charge in [-0.3, -0.25) is 19.3 Å². The number of benzene rings is 2. The third kappa shape index (κ3) is 5.39. The number of hydrogen-bond acceptors (Lipinski definition) is 6. The number of amides is 3. The van der Waals surface area contributed by atoms with E-state index in [1.165, 1.54) is 12.1 Å². The van der Waals surface area contributed by atoms with Gasteiger partial charge < -0.3 is 15.2 Å². The zero-order valence-corrected chi connectivity index (χ0v) is 16.6. The van der Waals surface area contributed by atoms with Crippen LogP contribution in [-0.4, -0.2) is 40.7 Å². The van der Waals surface area contributed by atoms with E-state index >= 15 is 0 Å². The Morgan fingerprint density at radius 3 is 2.66 bits per heavy atom. The molecule has 1 aliphatic rings. The number of phenolic OH excluding ortho intramolecular Hbond substituents is 1. The van der Waals surface area contributed by atoms with E-state index in [0.29, 0.717) is 22.8 Å². The monoisotopic (exact) mass is 412 g/mol. The van der Waals surface area contributed by atoms with Crippen molar-refractivity contribution in [3.63, 3.8) is 0 Å². The zero-order chi connectivity index (χ0) is 20.8. The topological polar surface area (TPSA) is 95.9 Å². The van der Waals surface area contributed by atoms with Crippen LogP contribution < -0.4 is 10.1 Å². The number of carbonyl (C=O) groups is 3. The Morgan fingerprint density at radius 2 is 1.97 bits per heavy atom. The van der Waals surface area contributed by atoms with Gasteiger partial charge in [-0.05, 0) is 54.1 Å². The average Bonchev–Trinajstić information content (AvgIpc) is 2.96. The second-order valence-corrected chi connectivity index (χ2v) is 7.30. The second kappa shape index (κ2) is 9.29. The van der Waals surface area contributed by atoms with Crippen LogP contribution in [0.1, 0.15) is 18.4 Å². The Bertz CT molecular complexity index is 956. The van der Waals surface area contributed by atoms with E-state index in [1.54, 1.807) is 49.6 Å². The Labute approximate surface area is 172 Å². The number of imide groups is 1. The van der Waals surface area contributed by atoms with Crippen LogP contribution in [0.4, 0.5) is 10.5 Å². The molecule has 3 amide bonds. The van der Waals surface area contributed by atoms with Crippen LogP contribution in [0, 0.1) is 0 Å². The maximum Gasteiger partial charge on any atom is 0.293 e. The predicted molar refractivity (Wildman–Crippen MR) is 112 cm³/mol. The van der Waals surface area contributed by atoms with Crippen LogP contribution >= 0.6 is 11.8 Å². The molecule has 2 aromatic carbocycles. The van der Waals surface area contributed by atoms with Crippen molar-refractivity contribution in [1.82, 2.24) is 4.90 Å². The van der Waals surface area contributed by atoms with Crippen molar-refractivity contribution in [2.45, 2.75) is 12.8 Å². The molecule has 29 heavy (non-hydrogen) atoms. The van der Waals surface area contributed by atoms with Gasteiger partial charge in [0, 0.05) is 24.7 Å². The summed E-state index contributed by atoms with van der Waals surface area (Å²) in [6.45, 7) is 0.165.